The molecule has 0 saturated heterocycles. The van der Waals surface area contributed by atoms with E-state index >= 15 is 0 Å². The molecular formula is C9H6Cl2F2O. The summed E-state index contributed by atoms with van der Waals surface area (Å²) in [6.45, 7) is 1.67. The zero-order valence-corrected chi connectivity index (χ0v) is 8.66. The van der Waals surface area contributed by atoms with Crippen LogP contribution in [0.4, 0.5) is 8.78 Å². The molecule has 0 spiro atoms. The van der Waals surface area contributed by atoms with Gasteiger partial charge in [0.05, 0.1) is 5.02 Å². The highest BCUT2D eigenvalue weighted by Crippen LogP contribution is 2.28. The molecule has 0 bridgehead atoms. The zero-order chi connectivity index (χ0) is 10.9. The lowest BCUT2D eigenvalue weighted by atomic mass is 10.1. The van der Waals surface area contributed by atoms with Crippen molar-refractivity contribution in [1.29, 1.82) is 0 Å². The molecule has 0 aliphatic heterocycles. The summed E-state index contributed by atoms with van der Waals surface area (Å²) in [6.07, 6.45) is 0. The topological polar surface area (TPSA) is 17.1 Å². The lowest BCUT2D eigenvalue weighted by Gasteiger charge is -2.08. The van der Waals surface area contributed by atoms with Crippen LogP contribution in [0.15, 0.2) is 18.2 Å². The second-order valence-electron chi connectivity index (χ2n) is 2.81. The molecule has 0 N–H and O–H groups in total. The Balaban J connectivity index is 3.19. The fourth-order valence-corrected chi connectivity index (χ4v) is 1.27. The summed E-state index contributed by atoms with van der Waals surface area (Å²) in [4.78, 5) is 11.1. The number of ketones is 1. The smallest absolute Gasteiger partial charge is 0.286 e. The van der Waals surface area contributed by atoms with Crippen molar-refractivity contribution in [3.63, 3.8) is 0 Å². The standard InChI is InChI=1S/C9H6Cl2F2O/c1-5-2-3-7(10)6(4-5)8(14)9(11,12)13/h2-4H,1H3. The maximum absolute atomic E-state index is 12.5. The number of Topliss-reactive ketones (excluding diaryl/α,β-unsaturated/α-hetero) is 1. The van der Waals surface area contributed by atoms with Crippen molar-refractivity contribution in [2.24, 2.45) is 0 Å². The summed E-state index contributed by atoms with van der Waals surface area (Å²) < 4.78 is 24.9. The number of carbonyl (C=O) groups is 1. The number of aryl methyl sites for hydroxylation is 1. The Kier molecular flexibility index (Phi) is 3.12. The van der Waals surface area contributed by atoms with Gasteiger partial charge in [-0.25, -0.2) is 0 Å². The van der Waals surface area contributed by atoms with Crippen molar-refractivity contribution < 1.29 is 13.6 Å². The van der Waals surface area contributed by atoms with Crippen LogP contribution in [-0.2, 0) is 0 Å². The zero-order valence-electron chi connectivity index (χ0n) is 7.15. The Labute approximate surface area is 89.6 Å². The summed E-state index contributed by atoms with van der Waals surface area (Å²) in [7, 11) is 0. The van der Waals surface area contributed by atoms with E-state index in [0.717, 1.165) is 0 Å². The van der Waals surface area contributed by atoms with Crippen molar-refractivity contribution in [3.8, 4) is 0 Å². The average molecular weight is 239 g/mol. The number of hydrogen-bond acceptors (Lipinski definition) is 1. The van der Waals surface area contributed by atoms with Crippen LogP contribution in [0.25, 0.3) is 0 Å². The summed E-state index contributed by atoms with van der Waals surface area (Å²) >= 11 is 10.2. The Morgan fingerprint density at radius 2 is 2.00 bits per heavy atom. The molecule has 0 amide bonds. The van der Waals surface area contributed by atoms with E-state index in [-0.39, 0.29) is 10.6 Å². The molecule has 0 aromatic heterocycles. The molecule has 1 aromatic carbocycles. The van der Waals surface area contributed by atoms with Crippen LogP contribution in [0, 0.1) is 6.92 Å². The minimum Gasteiger partial charge on any atom is -0.286 e. The first-order chi connectivity index (χ1) is 6.32. The third kappa shape index (κ3) is 2.42. The monoisotopic (exact) mass is 238 g/mol. The normalized spacial score (nSPS) is 11.5. The number of alkyl halides is 3. The molecule has 76 valence electrons. The molecule has 0 fully saturated rings. The first kappa shape index (κ1) is 11.4. The molecule has 14 heavy (non-hydrogen) atoms. The molecule has 0 aliphatic carbocycles. The van der Waals surface area contributed by atoms with E-state index in [4.69, 9.17) is 11.6 Å². The molecule has 0 unspecified atom stereocenters. The Morgan fingerprint density at radius 3 is 2.50 bits per heavy atom. The molecule has 5 heteroatoms. The van der Waals surface area contributed by atoms with Crippen molar-refractivity contribution in [2.75, 3.05) is 0 Å². The van der Waals surface area contributed by atoms with Crippen LogP contribution in [-0.4, -0.2) is 11.2 Å². The van der Waals surface area contributed by atoms with Gasteiger partial charge in [0.25, 0.3) is 0 Å². The highest BCUT2D eigenvalue weighted by molar-refractivity contribution is 6.39. The third-order valence-electron chi connectivity index (χ3n) is 1.62. The highest BCUT2D eigenvalue weighted by atomic mass is 35.5. The Bertz CT molecular complexity index is 372. The van der Waals surface area contributed by atoms with Crippen molar-refractivity contribution in [1.82, 2.24) is 0 Å². The van der Waals surface area contributed by atoms with Gasteiger partial charge in [-0.2, -0.15) is 8.78 Å². The van der Waals surface area contributed by atoms with Crippen molar-refractivity contribution >= 4 is 29.0 Å². The van der Waals surface area contributed by atoms with Gasteiger partial charge in [0.2, 0.25) is 5.78 Å². The van der Waals surface area contributed by atoms with E-state index < -0.39 is 11.2 Å². The summed E-state index contributed by atoms with van der Waals surface area (Å²) in [5.74, 6) is -1.48. The minimum atomic E-state index is -3.91. The predicted octanol–water partition coefficient (Wildman–Crippen LogP) is 3.66. The van der Waals surface area contributed by atoms with Crippen LogP contribution in [0.2, 0.25) is 5.02 Å². The largest absolute Gasteiger partial charge is 0.384 e. The second-order valence-corrected chi connectivity index (χ2v) is 3.69. The van der Waals surface area contributed by atoms with Crippen LogP contribution in [0.3, 0.4) is 0 Å². The quantitative estimate of drug-likeness (QED) is 0.568. The summed E-state index contributed by atoms with van der Waals surface area (Å²) in [5, 5.41) is -3.93. The number of carbonyl (C=O) groups excluding carboxylic acids is 1. The van der Waals surface area contributed by atoms with Crippen molar-refractivity contribution in [2.45, 2.75) is 12.3 Å². The number of rotatable bonds is 2. The van der Waals surface area contributed by atoms with Gasteiger partial charge in [-0.05, 0) is 30.7 Å². The molecular weight excluding hydrogens is 233 g/mol. The van der Waals surface area contributed by atoms with E-state index in [1.54, 1.807) is 13.0 Å². The average Bonchev–Trinajstić information content (AvgIpc) is 2.06. The maximum Gasteiger partial charge on any atom is 0.384 e. The van der Waals surface area contributed by atoms with E-state index in [1.807, 2.05) is 0 Å². The molecule has 1 aromatic rings. The third-order valence-corrected chi connectivity index (χ3v) is 2.13. The van der Waals surface area contributed by atoms with E-state index in [0.29, 0.717) is 5.56 Å². The fourth-order valence-electron chi connectivity index (χ4n) is 0.966. The van der Waals surface area contributed by atoms with E-state index in [2.05, 4.69) is 11.6 Å². The van der Waals surface area contributed by atoms with Crippen LogP contribution >= 0.6 is 23.2 Å². The molecule has 1 rings (SSSR count). The number of halogens is 4. The van der Waals surface area contributed by atoms with Crippen LogP contribution < -0.4 is 0 Å². The van der Waals surface area contributed by atoms with E-state index in [9.17, 15) is 13.6 Å². The Hall–Kier alpha value is -0.670. The lowest BCUT2D eigenvalue weighted by molar-refractivity contribution is 0.0536. The Morgan fingerprint density at radius 1 is 1.43 bits per heavy atom. The van der Waals surface area contributed by atoms with Gasteiger partial charge in [-0.1, -0.05) is 23.2 Å². The molecule has 0 atom stereocenters. The minimum absolute atomic E-state index is 0.0269. The first-order valence-corrected chi connectivity index (χ1v) is 4.45. The van der Waals surface area contributed by atoms with Gasteiger partial charge >= 0.3 is 5.38 Å². The van der Waals surface area contributed by atoms with Gasteiger partial charge in [0, 0.05) is 5.56 Å². The first-order valence-electron chi connectivity index (χ1n) is 3.70. The maximum atomic E-state index is 12.5. The molecule has 0 aliphatic rings. The van der Waals surface area contributed by atoms with Gasteiger partial charge in [-0.15, -0.1) is 0 Å². The SMILES string of the molecule is Cc1ccc(Cl)c(C(=O)C(F)(F)Cl)c1. The molecule has 1 nitrogen and oxygen atoms in total. The second kappa shape index (κ2) is 3.83. The number of hydrogen-bond donors (Lipinski definition) is 0. The van der Waals surface area contributed by atoms with Gasteiger partial charge in [0.15, 0.2) is 0 Å². The summed E-state index contributed by atoms with van der Waals surface area (Å²) in [6, 6.07) is 4.28. The molecule has 0 heterocycles. The lowest BCUT2D eigenvalue weighted by Crippen LogP contribution is -2.21. The predicted molar refractivity (Wildman–Crippen MR) is 51.3 cm³/mol. The van der Waals surface area contributed by atoms with Crippen LogP contribution in [0.5, 0.6) is 0 Å². The van der Waals surface area contributed by atoms with Gasteiger partial charge in [0.1, 0.15) is 0 Å². The highest BCUT2D eigenvalue weighted by Gasteiger charge is 2.37. The van der Waals surface area contributed by atoms with Crippen molar-refractivity contribution in [3.05, 3.63) is 34.3 Å². The van der Waals surface area contributed by atoms with Gasteiger partial charge in [-0.3, -0.25) is 4.79 Å². The van der Waals surface area contributed by atoms with Gasteiger partial charge < -0.3 is 0 Å². The van der Waals surface area contributed by atoms with Crippen LogP contribution in [0.1, 0.15) is 15.9 Å². The molecule has 0 radical (unpaired) electrons. The summed E-state index contributed by atoms with van der Waals surface area (Å²) in [5.41, 5.74) is 0.408. The fraction of sp³-hybridized carbons (Fsp3) is 0.222. The number of benzene rings is 1. The van der Waals surface area contributed by atoms with E-state index in [1.165, 1.54) is 12.1 Å². The molecule has 0 saturated carbocycles.